The Hall–Kier alpha value is -2.37. The Morgan fingerprint density at radius 3 is 3.00 bits per heavy atom. The number of aliphatic imine (C=N–C) groups is 1. The summed E-state index contributed by atoms with van der Waals surface area (Å²) in [6.45, 7) is 6.02. The summed E-state index contributed by atoms with van der Waals surface area (Å²) < 4.78 is 1.83. The third kappa shape index (κ3) is 4.34. The van der Waals surface area contributed by atoms with Crippen LogP contribution >= 0.6 is 0 Å². The van der Waals surface area contributed by atoms with Crippen LogP contribution in [0.15, 0.2) is 41.9 Å². The van der Waals surface area contributed by atoms with E-state index in [1.54, 1.807) is 12.7 Å². The van der Waals surface area contributed by atoms with E-state index >= 15 is 0 Å². The molecule has 128 valence electrons. The zero-order valence-electron chi connectivity index (χ0n) is 14.5. The van der Waals surface area contributed by atoms with Crippen molar-refractivity contribution in [1.29, 1.82) is 0 Å². The van der Waals surface area contributed by atoms with Crippen molar-refractivity contribution in [2.45, 2.75) is 32.9 Å². The van der Waals surface area contributed by atoms with Gasteiger partial charge in [-0.2, -0.15) is 5.10 Å². The van der Waals surface area contributed by atoms with Crippen LogP contribution in [0.2, 0.25) is 0 Å². The van der Waals surface area contributed by atoms with E-state index < -0.39 is 0 Å². The number of likely N-dealkylation sites (tertiary alicyclic amines) is 1. The molecule has 0 amide bonds. The number of benzene rings is 1. The minimum absolute atomic E-state index is 0.739. The lowest BCUT2D eigenvalue weighted by atomic mass is 10.0. The number of nitrogens with zero attached hydrogens (tertiary/aromatic N) is 5. The van der Waals surface area contributed by atoms with Crippen molar-refractivity contribution in [2.24, 2.45) is 10.9 Å². The highest BCUT2D eigenvalue weighted by atomic mass is 15.3. The van der Waals surface area contributed by atoms with Crippen LogP contribution < -0.4 is 5.32 Å². The average Bonchev–Trinajstić information content (AvgIpc) is 3.09. The molecule has 2 aromatic rings. The van der Waals surface area contributed by atoms with Crippen LogP contribution in [0.5, 0.6) is 0 Å². The number of rotatable bonds is 4. The summed E-state index contributed by atoms with van der Waals surface area (Å²) in [5, 5.41) is 7.66. The summed E-state index contributed by atoms with van der Waals surface area (Å²) in [7, 11) is 1.86. The molecule has 0 bridgehead atoms. The third-order valence-corrected chi connectivity index (χ3v) is 4.42. The second kappa shape index (κ2) is 7.95. The average molecular weight is 326 g/mol. The molecule has 0 spiro atoms. The SMILES string of the molecule is CN=C(NCc1cccc(Cn2cncn2)c1)N1CCCC(C)C1. The summed E-state index contributed by atoms with van der Waals surface area (Å²) >= 11 is 0. The van der Waals surface area contributed by atoms with Crippen LogP contribution in [0.3, 0.4) is 0 Å². The van der Waals surface area contributed by atoms with Gasteiger partial charge in [-0.3, -0.25) is 4.99 Å². The van der Waals surface area contributed by atoms with E-state index in [0.717, 1.165) is 38.1 Å². The monoisotopic (exact) mass is 326 g/mol. The van der Waals surface area contributed by atoms with Gasteiger partial charge in [-0.15, -0.1) is 0 Å². The first-order chi connectivity index (χ1) is 11.7. The fraction of sp³-hybridized carbons (Fsp3) is 0.500. The smallest absolute Gasteiger partial charge is 0.193 e. The highest BCUT2D eigenvalue weighted by molar-refractivity contribution is 5.80. The Balaban J connectivity index is 1.59. The third-order valence-electron chi connectivity index (χ3n) is 4.42. The Kier molecular flexibility index (Phi) is 5.46. The molecular formula is C18H26N6. The molecule has 6 heteroatoms. The fourth-order valence-corrected chi connectivity index (χ4v) is 3.23. The second-order valence-electron chi connectivity index (χ2n) is 6.51. The van der Waals surface area contributed by atoms with Crippen molar-refractivity contribution in [2.75, 3.05) is 20.1 Å². The van der Waals surface area contributed by atoms with Gasteiger partial charge in [0.1, 0.15) is 12.7 Å². The summed E-state index contributed by atoms with van der Waals surface area (Å²) in [5.74, 6) is 1.74. The molecule has 1 aromatic heterocycles. The molecule has 24 heavy (non-hydrogen) atoms. The molecule has 1 aliphatic heterocycles. The second-order valence-corrected chi connectivity index (χ2v) is 6.51. The maximum absolute atomic E-state index is 4.45. The topological polar surface area (TPSA) is 58.3 Å². The first-order valence-corrected chi connectivity index (χ1v) is 8.60. The summed E-state index contributed by atoms with van der Waals surface area (Å²) in [4.78, 5) is 10.8. The van der Waals surface area contributed by atoms with Gasteiger partial charge in [0.25, 0.3) is 0 Å². The van der Waals surface area contributed by atoms with Gasteiger partial charge in [0.05, 0.1) is 6.54 Å². The Morgan fingerprint density at radius 2 is 2.25 bits per heavy atom. The van der Waals surface area contributed by atoms with Crippen LogP contribution in [0, 0.1) is 5.92 Å². The predicted molar refractivity (Wildman–Crippen MR) is 95.7 cm³/mol. The lowest BCUT2D eigenvalue weighted by Gasteiger charge is -2.33. The minimum Gasteiger partial charge on any atom is -0.352 e. The van der Waals surface area contributed by atoms with Crippen molar-refractivity contribution < 1.29 is 0 Å². The molecule has 1 aromatic carbocycles. The maximum Gasteiger partial charge on any atom is 0.193 e. The maximum atomic E-state index is 4.45. The molecule has 0 saturated carbocycles. The van der Waals surface area contributed by atoms with Crippen molar-refractivity contribution in [3.05, 3.63) is 48.0 Å². The van der Waals surface area contributed by atoms with Gasteiger partial charge >= 0.3 is 0 Å². The quantitative estimate of drug-likeness (QED) is 0.691. The van der Waals surface area contributed by atoms with Gasteiger partial charge in [-0.1, -0.05) is 31.2 Å². The zero-order valence-corrected chi connectivity index (χ0v) is 14.5. The molecule has 1 aliphatic rings. The first kappa shape index (κ1) is 16.5. The molecule has 1 N–H and O–H groups in total. The van der Waals surface area contributed by atoms with Gasteiger partial charge < -0.3 is 10.2 Å². The highest BCUT2D eigenvalue weighted by Gasteiger charge is 2.18. The summed E-state index contributed by atoms with van der Waals surface area (Å²) in [6, 6.07) is 8.56. The van der Waals surface area contributed by atoms with Gasteiger partial charge in [0.2, 0.25) is 0 Å². The first-order valence-electron chi connectivity index (χ1n) is 8.60. The summed E-state index contributed by atoms with van der Waals surface area (Å²) in [6.07, 6.45) is 5.87. The number of nitrogens with one attached hydrogen (secondary N) is 1. The predicted octanol–water partition coefficient (Wildman–Crippen LogP) is 2.13. The molecule has 1 atom stereocenters. The van der Waals surface area contributed by atoms with Crippen LogP contribution in [0.25, 0.3) is 0 Å². The highest BCUT2D eigenvalue weighted by Crippen LogP contribution is 2.15. The van der Waals surface area contributed by atoms with Gasteiger partial charge in [0.15, 0.2) is 5.96 Å². The number of piperidine rings is 1. The molecule has 3 rings (SSSR count). The van der Waals surface area contributed by atoms with Crippen molar-refractivity contribution >= 4 is 5.96 Å². The lowest BCUT2D eigenvalue weighted by molar-refractivity contribution is 0.266. The Morgan fingerprint density at radius 1 is 1.38 bits per heavy atom. The Bertz CT molecular complexity index is 664. The molecule has 0 radical (unpaired) electrons. The standard InChI is InChI=1S/C18H26N6/c1-15-5-4-8-23(11-15)18(19-2)21-10-16-6-3-7-17(9-16)12-24-14-20-13-22-24/h3,6-7,9,13-15H,4-5,8,10-12H2,1-2H3,(H,19,21). The molecule has 2 heterocycles. The van der Waals surface area contributed by atoms with Gasteiger partial charge in [-0.25, -0.2) is 9.67 Å². The molecule has 0 aliphatic carbocycles. The van der Waals surface area contributed by atoms with E-state index in [-0.39, 0.29) is 0 Å². The van der Waals surface area contributed by atoms with Crippen molar-refractivity contribution in [1.82, 2.24) is 25.0 Å². The van der Waals surface area contributed by atoms with E-state index in [2.05, 4.69) is 56.5 Å². The molecule has 1 unspecified atom stereocenters. The van der Waals surface area contributed by atoms with Crippen LogP contribution in [-0.4, -0.2) is 45.8 Å². The molecule has 1 fully saturated rings. The van der Waals surface area contributed by atoms with Crippen LogP contribution in [0.4, 0.5) is 0 Å². The van der Waals surface area contributed by atoms with E-state index in [0.29, 0.717) is 0 Å². The fourth-order valence-electron chi connectivity index (χ4n) is 3.23. The number of hydrogen-bond donors (Lipinski definition) is 1. The Labute approximate surface area is 143 Å². The van der Waals surface area contributed by atoms with Crippen molar-refractivity contribution in [3.8, 4) is 0 Å². The minimum atomic E-state index is 0.739. The molecular weight excluding hydrogens is 300 g/mol. The summed E-state index contributed by atoms with van der Waals surface area (Å²) in [5.41, 5.74) is 2.47. The lowest BCUT2D eigenvalue weighted by Crippen LogP contribution is -2.45. The van der Waals surface area contributed by atoms with Crippen LogP contribution in [0.1, 0.15) is 30.9 Å². The van der Waals surface area contributed by atoms with Crippen LogP contribution in [-0.2, 0) is 13.1 Å². The molecule has 6 nitrogen and oxygen atoms in total. The number of guanidine groups is 1. The van der Waals surface area contributed by atoms with Crippen molar-refractivity contribution in [3.63, 3.8) is 0 Å². The molecule has 1 saturated heterocycles. The van der Waals surface area contributed by atoms with E-state index in [1.807, 2.05) is 11.7 Å². The normalized spacial score (nSPS) is 18.7. The number of aromatic nitrogens is 3. The largest absolute Gasteiger partial charge is 0.352 e. The van der Waals surface area contributed by atoms with E-state index in [1.165, 1.54) is 24.0 Å². The van der Waals surface area contributed by atoms with E-state index in [4.69, 9.17) is 0 Å². The number of hydrogen-bond acceptors (Lipinski definition) is 3. The van der Waals surface area contributed by atoms with E-state index in [9.17, 15) is 0 Å². The zero-order chi connectivity index (χ0) is 16.8. The van der Waals surface area contributed by atoms with Gasteiger partial charge in [0, 0.05) is 26.7 Å². The van der Waals surface area contributed by atoms with Gasteiger partial charge in [-0.05, 0) is 29.9 Å².